The number of carbonyl (C=O) groups is 1. The van der Waals surface area contributed by atoms with Crippen LogP contribution in [-0.2, 0) is 11.3 Å². The van der Waals surface area contributed by atoms with Crippen LogP contribution in [0.25, 0.3) is 0 Å². The molecule has 0 unspecified atom stereocenters. The average Bonchev–Trinajstić information content (AvgIpc) is 2.83. The van der Waals surface area contributed by atoms with Crippen molar-refractivity contribution in [1.82, 2.24) is 15.1 Å². The summed E-state index contributed by atoms with van der Waals surface area (Å²) < 4.78 is 0. The van der Waals surface area contributed by atoms with E-state index >= 15 is 0 Å². The minimum atomic E-state index is 0.326. The Labute approximate surface area is 179 Å². The fourth-order valence-electron chi connectivity index (χ4n) is 4.52. The quantitative estimate of drug-likeness (QED) is 0.749. The van der Waals surface area contributed by atoms with Crippen LogP contribution in [-0.4, -0.2) is 47.2 Å². The molecule has 0 bridgehead atoms. The largest absolute Gasteiger partial charge is 0.365 e. The molecule has 0 radical (unpaired) electrons. The lowest BCUT2D eigenvalue weighted by Gasteiger charge is -2.35. The molecule has 30 heavy (non-hydrogen) atoms. The smallest absolute Gasteiger partial charge is 0.222 e. The number of nitrogens with one attached hydrogen (secondary N) is 1. The van der Waals surface area contributed by atoms with E-state index in [2.05, 4.69) is 32.5 Å². The van der Waals surface area contributed by atoms with Gasteiger partial charge in [-0.25, -0.2) is 0 Å². The van der Waals surface area contributed by atoms with Gasteiger partial charge in [0.25, 0.3) is 0 Å². The lowest BCUT2D eigenvalue weighted by Crippen LogP contribution is -2.49. The van der Waals surface area contributed by atoms with Gasteiger partial charge >= 0.3 is 0 Å². The molecule has 1 N–H and O–H groups in total. The van der Waals surface area contributed by atoms with Gasteiger partial charge in [-0.3, -0.25) is 4.79 Å². The fourth-order valence-corrected chi connectivity index (χ4v) is 4.52. The summed E-state index contributed by atoms with van der Waals surface area (Å²) in [6.07, 6.45) is 8.48. The van der Waals surface area contributed by atoms with E-state index in [1.807, 2.05) is 35.2 Å². The molecular weight excluding hydrogens is 374 g/mol. The zero-order valence-electron chi connectivity index (χ0n) is 17.8. The van der Waals surface area contributed by atoms with Crippen molar-refractivity contribution in [3.05, 3.63) is 48.0 Å². The Hall–Kier alpha value is -2.63. The molecule has 1 aliphatic heterocycles. The third-order valence-electron chi connectivity index (χ3n) is 6.41. The Morgan fingerprint density at radius 1 is 0.933 bits per heavy atom. The molecule has 160 valence electrons. The highest BCUT2D eigenvalue weighted by Gasteiger charge is 2.23. The van der Waals surface area contributed by atoms with Gasteiger partial charge in [-0.2, -0.15) is 0 Å². The maximum atomic E-state index is 12.6. The van der Waals surface area contributed by atoms with Gasteiger partial charge in [0.1, 0.15) is 5.82 Å². The molecule has 1 aliphatic carbocycles. The Morgan fingerprint density at radius 3 is 2.40 bits per heavy atom. The normalized spacial score (nSPS) is 17.7. The second-order valence-electron chi connectivity index (χ2n) is 8.53. The Morgan fingerprint density at radius 2 is 1.70 bits per heavy atom. The van der Waals surface area contributed by atoms with Gasteiger partial charge in [0, 0.05) is 39.1 Å². The van der Waals surface area contributed by atoms with Gasteiger partial charge in [-0.05, 0) is 30.0 Å². The summed E-state index contributed by atoms with van der Waals surface area (Å²) in [5.74, 6) is 2.76. The van der Waals surface area contributed by atoms with Gasteiger partial charge in [-0.15, -0.1) is 10.2 Å². The van der Waals surface area contributed by atoms with E-state index in [4.69, 9.17) is 0 Å². The van der Waals surface area contributed by atoms with E-state index in [9.17, 15) is 4.79 Å². The highest BCUT2D eigenvalue weighted by atomic mass is 16.2. The van der Waals surface area contributed by atoms with Crippen LogP contribution in [0.3, 0.4) is 0 Å². The second kappa shape index (κ2) is 10.4. The van der Waals surface area contributed by atoms with Crippen molar-refractivity contribution in [2.75, 3.05) is 36.4 Å². The van der Waals surface area contributed by atoms with Gasteiger partial charge in [0.05, 0.1) is 0 Å². The summed E-state index contributed by atoms with van der Waals surface area (Å²) in [6.45, 7) is 3.93. The van der Waals surface area contributed by atoms with Crippen LogP contribution in [0.4, 0.5) is 11.6 Å². The lowest BCUT2D eigenvalue weighted by atomic mass is 9.86. The number of hydrogen-bond donors (Lipinski definition) is 1. The van der Waals surface area contributed by atoms with Crippen LogP contribution in [0.5, 0.6) is 0 Å². The number of anilines is 2. The predicted octanol–water partition coefficient (Wildman–Crippen LogP) is 4.10. The van der Waals surface area contributed by atoms with Gasteiger partial charge in [0.15, 0.2) is 5.82 Å². The lowest BCUT2D eigenvalue weighted by molar-refractivity contribution is -0.131. The maximum Gasteiger partial charge on any atom is 0.222 e. The Kier molecular flexibility index (Phi) is 7.16. The molecule has 6 nitrogen and oxygen atoms in total. The van der Waals surface area contributed by atoms with Crippen molar-refractivity contribution in [2.24, 2.45) is 5.92 Å². The minimum Gasteiger partial charge on any atom is -0.365 e. The van der Waals surface area contributed by atoms with Crippen molar-refractivity contribution in [3.63, 3.8) is 0 Å². The molecule has 0 atom stereocenters. The predicted molar refractivity (Wildman–Crippen MR) is 120 cm³/mol. The molecular formula is C24H33N5O. The van der Waals surface area contributed by atoms with Crippen LogP contribution in [0.15, 0.2) is 42.5 Å². The van der Waals surface area contributed by atoms with Crippen molar-refractivity contribution in [1.29, 1.82) is 0 Å². The summed E-state index contributed by atoms with van der Waals surface area (Å²) in [6, 6.07) is 14.3. The molecule has 2 fully saturated rings. The molecule has 1 saturated heterocycles. The first-order chi connectivity index (χ1) is 14.8. The number of carbonyl (C=O) groups excluding carboxylic acids is 1. The van der Waals surface area contributed by atoms with Crippen LogP contribution in [0.1, 0.15) is 50.5 Å². The zero-order chi connectivity index (χ0) is 20.6. The van der Waals surface area contributed by atoms with E-state index in [-0.39, 0.29) is 0 Å². The molecule has 1 aromatic heterocycles. The standard InChI is InChI=1S/C24H33N5O/c30-24(14-11-20-7-3-1-4-8-20)29-17-15-28(16-18-29)23-13-12-22(26-27-23)25-19-21-9-5-2-6-10-21/h2,5-6,9-10,12-13,20H,1,3-4,7-8,11,14-19H2,(H,25,26). The van der Waals surface area contributed by atoms with E-state index in [0.29, 0.717) is 12.3 Å². The van der Waals surface area contributed by atoms with E-state index in [1.165, 1.54) is 37.7 Å². The minimum absolute atomic E-state index is 0.326. The first kappa shape index (κ1) is 20.6. The molecule has 2 aliphatic rings. The highest BCUT2D eigenvalue weighted by Crippen LogP contribution is 2.27. The number of aromatic nitrogens is 2. The van der Waals surface area contributed by atoms with Gasteiger partial charge in [-0.1, -0.05) is 62.4 Å². The van der Waals surface area contributed by atoms with Crippen molar-refractivity contribution >= 4 is 17.5 Å². The molecule has 6 heteroatoms. The second-order valence-corrected chi connectivity index (χ2v) is 8.53. The van der Waals surface area contributed by atoms with E-state index in [1.54, 1.807) is 0 Å². The molecule has 1 saturated carbocycles. The van der Waals surface area contributed by atoms with Crippen molar-refractivity contribution in [2.45, 2.75) is 51.5 Å². The Balaban J connectivity index is 1.20. The molecule has 1 aromatic carbocycles. The Bertz CT molecular complexity index is 781. The summed E-state index contributed by atoms with van der Waals surface area (Å²) in [5.41, 5.74) is 1.22. The first-order valence-electron chi connectivity index (χ1n) is 11.4. The monoisotopic (exact) mass is 407 g/mol. The van der Waals surface area contributed by atoms with Crippen LogP contribution < -0.4 is 10.2 Å². The molecule has 2 heterocycles. The number of amides is 1. The van der Waals surface area contributed by atoms with Crippen LogP contribution in [0.2, 0.25) is 0 Å². The van der Waals surface area contributed by atoms with Gasteiger partial charge < -0.3 is 15.1 Å². The van der Waals surface area contributed by atoms with Gasteiger partial charge in [0.2, 0.25) is 5.91 Å². The third-order valence-corrected chi connectivity index (χ3v) is 6.41. The molecule has 0 spiro atoms. The van der Waals surface area contributed by atoms with Crippen LogP contribution in [0, 0.1) is 5.92 Å². The summed E-state index contributed by atoms with van der Waals surface area (Å²) >= 11 is 0. The first-order valence-corrected chi connectivity index (χ1v) is 11.4. The summed E-state index contributed by atoms with van der Waals surface area (Å²) in [4.78, 5) is 16.8. The third kappa shape index (κ3) is 5.71. The number of benzene rings is 1. The maximum absolute atomic E-state index is 12.6. The topological polar surface area (TPSA) is 61.4 Å². The van der Waals surface area contributed by atoms with Crippen molar-refractivity contribution < 1.29 is 4.79 Å². The number of nitrogens with zero attached hydrogens (tertiary/aromatic N) is 4. The van der Waals surface area contributed by atoms with E-state index in [0.717, 1.165) is 56.7 Å². The summed E-state index contributed by atoms with van der Waals surface area (Å²) in [5, 5.41) is 12.0. The van der Waals surface area contributed by atoms with E-state index < -0.39 is 0 Å². The SMILES string of the molecule is O=C(CCC1CCCCC1)N1CCN(c2ccc(NCc3ccccc3)nn2)CC1. The summed E-state index contributed by atoms with van der Waals surface area (Å²) in [7, 11) is 0. The molecule has 4 rings (SSSR count). The number of rotatable bonds is 7. The zero-order valence-corrected chi connectivity index (χ0v) is 17.8. The molecule has 2 aromatic rings. The fraction of sp³-hybridized carbons (Fsp3) is 0.542. The molecule has 1 amide bonds. The number of piperazine rings is 1. The number of hydrogen-bond acceptors (Lipinski definition) is 5. The van der Waals surface area contributed by atoms with Crippen LogP contribution >= 0.6 is 0 Å². The average molecular weight is 408 g/mol. The highest BCUT2D eigenvalue weighted by molar-refractivity contribution is 5.76. The van der Waals surface area contributed by atoms with Crippen molar-refractivity contribution in [3.8, 4) is 0 Å².